The van der Waals surface area contributed by atoms with Gasteiger partial charge in [0.2, 0.25) is 15.9 Å². The van der Waals surface area contributed by atoms with Crippen molar-refractivity contribution in [1.29, 1.82) is 0 Å². The number of ether oxygens (including phenoxy) is 1. The predicted molar refractivity (Wildman–Crippen MR) is 125 cm³/mol. The van der Waals surface area contributed by atoms with Crippen LogP contribution in [0.5, 0.6) is 5.75 Å². The highest BCUT2D eigenvalue weighted by Crippen LogP contribution is 2.39. The number of hydroxylamine groups is 1. The fraction of sp³-hybridized carbons (Fsp3) is 0.0435. The van der Waals surface area contributed by atoms with E-state index in [4.69, 9.17) is 20.0 Å². The van der Waals surface area contributed by atoms with Gasteiger partial charge in [-0.15, -0.1) is 0 Å². The largest absolute Gasteiger partial charge is 0.497 e. The van der Waals surface area contributed by atoms with Gasteiger partial charge in [0.25, 0.3) is 0 Å². The second kappa shape index (κ2) is 8.98. The van der Waals surface area contributed by atoms with Crippen LogP contribution in [0.3, 0.4) is 0 Å². The molecule has 0 saturated heterocycles. The molecule has 0 radical (unpaired) electrons. The van der Waals surface area contributed by atoms with Crippen molar-refractivity contribution in [2.24, 2.45) is 10.9 Å². The smallest absolute Gasteiger partial charge is 0.343 e. The number of sulfonamides is 1. The van der Waals surface area contributed by atoms with Gasteiger partial charge in [-0.25, -0.2) is 23.3 Å². The van der Waals surface area contributed by atoms with Crippen molar-refractivity contribution < 1.29 is 27.6 Å². The Hall–Kier alpha value is -4.19. The summed E-state index contributed by atoms with van der Waals surface area (Å²) in [5, 5.41) is 15.4. The van der Waals surface area contributed by atoms with Crippen LogP contribution in [-0.4, -0.2) is 31.7 Å². The molecular formula is C23H20N4O6S. The van der Waals surface area contributed by atoms with Crippen molar-refractivity contribution in [2.45, 2.75) is 4.90 Å². The monoisotopic (exact) mass is 480 g/mol. The molecule has 5 N–H and O–H groups in total. The number of primary amides is 1. The number of aromatic nitrogens is 1. The van der Waals surface area contributed by atoms with Crippen LogP contribution in [0.25, 0.3) is 34.0 Å². The molecule has 1 heterocycles. The molecule has 174 valence electrons. The Morgan fingerprint density at radius 1 is 1.00 bits per heavy atom. The van der Waals surface area contributed by atoms with Crippen LogP contribution >= 0.6 is 0 Å². The minimum absolute atomic E-state index is 0.111. The van der Waals surface area contributed by atoms with E-state index in [2.05, 4.69) is 4.98 Å². The first-order chi connectivity index (χ1) is 16.2. The molecule has 4 rings (SSSR count). The van der Waals surface area contributed by atoms with Gasteiger partial charge in [0.1, 0.15) is 11.4 Å². The average Bonchev–Trinajstić information content (AvgIpc) is 3.28. The Morgan fingerprint density at radius 3 is 2.21 bits per heavy atom. The number of benzene rings is 3. The van der Waals surface area contributed by atoms with Gasteiger partial charge < -0.3 is 14.9 Å². The number of amides is 2. The first-order valence-corrected chi connectivity index (χ1v) is 11.4. The molecule has 10 nitrogen and oxygen atoms in total. The summed E-state index contributed by atoms with van der Waals surface area (Å²) >= 11 is 0. The summed E-state index contributed by atoms with van der Waals surface area (Å²) < 4.78 is 35.7. The molecule has 1 aromatic heterocycles. The van der Waals surface area contributed by atoms with Crippen LogP contribution < -0.4 is 20.7 Å². The molecule has 0 bridgehead atoms. The Kier molecular flexibility index (Phi) is 6.07. The van der Waals surface area contributed by atoms with Crippen molar-refractivity contribution in [1.82, 2.24) is 4.98 Å². The number of primary sulfonamides is 1. The van der Waals surface area contributed by atoms with E-state index in [0.717, 1.165) is 0 Å². The third kappa shape index (κ3) is 4.48. The predicted octanol–water partition coefficient (Wildman–Crippen LogP) is 3.61. The van der Waals surface area contributed by atoms with Crippen molar-refractivity contribution >= 4 is 21.7 Å². The summed E-state index contributed by atoms with van der Waals surface area (Å²) in [6, 6.07) is 18.2. The number of carbonyl (C=O) groups excluding carboxylic acids is 1. The lowest BCUT2D eigenvalue weighted by Gasteiger charge is -2.11. The molecule has 0 unspecified atom stereocenters. The van der Waals surface area contributed by atoms with Crippen molar-refractivity contribution in [3.63, 3.8) is 0 Å². The fourth-order valence-corrected chi connectivity index (χ4v) is 4.08. The molecule has 0 aliphatic heterocycles. The number of nitrogens with two attached hydrogens (primary N) is 2. The zero-order valence-corrected chi connectivity index (χ0v) is 18.7. The minimum atomic E-state index is -4.05. The Labute approximate surface area is 195 Å². The molecule has 2 amide bonds. The van der Waals surface area contributed by atoms with Crippen molar-refractivity contribution in [3.8, 4) is 39.8 Å². The molecule has 0 saturated carbocycles. The second-order valence-electron chi connectivity index (χ2n) is 7.16. The lowest BCUT2D eigenvalue weighted by atomic mass is 10.1. The summed E-state index contributed by atoms with van der Waals surface area (Å²) in [4.78, 5) is 15.7. The average molecular weight is 481 g/mol. The summed E-state index contributed by atoms with van der Waals surface area (Å²) in [6.07, 6.45) is 0. The van der Waals surface area contributed by atoms with Gasteiger partial charge in [-0.3, -0.25) is 5.21 Å². The normalized spacial score (nSPS) is 11.3. The summed E-state index contributed by atoms with van der Waals surface area (Å²) in [7, 11) is -2.51. The summed E-state index contributed by atoms with van der Waals surface area (Å²) in [5.41, 5.74) is 7.03. The summed E-state index contributed by atoms with van der Waals surface area (Å²) in [5.74, 6) is 1.02. The SMILES string of the molecule is COc1ccc(-c2nc(-c3ccc(N(O)C(N)=O)cc3)oc2-c2ccccc2S(N)(=O)=O)cc1. The Bertz CT molecular complexity index is 1450. The number of methoxy groups -OCH3 is 1. The molecular weight excluding hydrogens is 460 g/mol. The van der Waals surface area contributed by atoms with Crippen LogP contribution in [0.15, 0.2) is 82.1 Å². The number of carbonyl (C=O) groups is 1. The van der Waals surface area contributed by atoms with Crippen LogP contribution in [0.4, 0.5) is 10.5 Å². The first kappa shape index (κ1) is 23.0. The number of oxazole rings is 1. The van der Waals surface area contributed by atoms with Crippen LogP contribution in [0.2, 0.25) is 0 Å². The maximum atomic E-state index is 12.2. The van der Waals surface area contributed by atoms with Gasteiger partial charge in [-0.1, -0.05) is 12.1 Å². The summed E-state index contributed by atoms with van der Waals surface area (Å²) in [6.45, 7) is 0. The van der Waals surface area contributed by atoms with Gasteiger partial charge in [0.15, 0.2) is 5.76 Å². The van der Waals surface area contributed by atoms with Gasteiger partial charge in [0.05, 0.1) is 17.7 Å². The quantitative estimate of drug-likeness (QED) is 0.280. The van der Waals surface area contributed by atoms with Crippen molar-refractivity contribution in [2.75, 3.05) is 12.2 Å². The van der Waals surface area contributed by atoms with E-state index in [1.807, 2.05) is 0 Å². The number of hydrogen-bond acceptors (Lipinski definition) is 7. The van der Waals surface area contributed by atoms with E-state index >= 15 is 0 Å². The number of urea groups is 1. The lowest BCUT2D eigenvalue weighted by molar-refractivity contribution is 0.212. The Balaban J connectivity index is 1.89. The van der Waals surface area contributed by atoms with Crippen molar-refractivity contribution in [3.05, 3.63) is 72.8 Å². The highest BCUT2D eigenvalue weighted by atomic mass is 32.2. The maximum Gasteiger partial charge on any atom is 0.343 e. The zero-order valence-electron chi connectivity index (χ0n) is 17.9. The second-order valence-corrected chi connectivity index (χ2v) is 8.69. The van der Waals surface area contributed by atoms with E-state index in [1.165, 1.54) is 18.2 Å². The number of nitrogens with zero attached hydrogens (tertiary/aromatic N) is 2. The Morgan fingerprint density at radius 2 is 1.62 bits per heavy atom. The molecule has 3 aromatic carbocycles. The topological polar surface area (TPSA) is 162 Å². The van der Waals surface area contributed by atoms with Gasteiger partial charge in [0, 0.05) is 16.7 Å². The van der Waals surface area contributed by atoms with Gasteiger partial charge >= 0.3 is 6.03 Å². The van der Waals surface area contributed by atoms with E-state index in [1.54, 1.807) is 61.7 Å². The third-order valence-corrected chi connectivity index (χ3v) is 5.97. The first-order valence-electron chi connectivity index (χ1n) is 9.85. The molecule has 0 aliphatic carbocycles. The van der Waals surface area contributed by atoms with E-state index < -0.39 is 16.1 Å². The van der Waals surface area contributed by atoms with Crippen LogP contribution in [0, 0.1) is 0 Å². The molecule has 0 fully saturated rings. The van der Waals surface area contributed by atoms with Gasteiger partial charge in [-0.2, -0.15) is 5.06 Å². The zero-order chi connectivity index (χ0) is 24.5. The molecule has 4 aromatic rings. The number of hydrogen-bond donors (Lipinski definition) is 3. The fourth-order valence-electron chi connectivity index (χ4n) is 3.35. The number of anilines is 1. The number of rotatable bonds is 6. The maximum absolute atomic E-state index is 12.2. The lowest BCUT2D eigenvalue weighted by Crippen LogP contribution is -2.32. The molecule has 0 atom stereocenters. The molecule has 0 spiro atoms. The highest BCUT2D eigenvalue weighted by Gasteiger charge is 2.24. The standard InChI is InChI=1S/C23H20N4O6S/c1-32-17-12-8-14(9-13-17)20-21(18-4-2-3-5-19(18)34(25,30)31)33-22(26-20)15-6-10-16(11-7-15)27(29)23(24)28/h2-13,29H,1H3,(H2,24,28)(H2,25,30,31). The third-order valence-electron chi connectivity index (χ3n) is 5.00. The van der Waals surface area contributed by atoms with Crippen LogP contribution in [0.1, 0.15) is 0 Å². The highest BCUT2D eigenvalue weighted by molar-refractivity contribution is 7.89. The molecule has 34 heavy (non-hydrogen) atoms. The van der Waals surface area contributed by atoms with E-state index in [9.17, 15) is 18.4 Å². The minimum Gasteiger partial charge on any atom is -0.497 e. The van der Waals surface area contributed by atoms with Crippen LogP contribution in [-0.2, 0) is 10.0 Å². The molecule has 11 heteroatoms. The van der Waals surface area contributed by atoms with Gasteiger partial charge in [-0.05, 0) is 60.7 Å². The van der Waals surface area contributed by atoms with E-state index in [0.29, 0.717) is 27.6 Å². The van der Waals surface area contributed by atoms with E-state index in [-0.39, 0.29) is 27.8 Å². The molecule has 0 aliphatic rings.